The van der Waals surface area contributed by atoms with Crippen LogP contribution in [0.5, 0.6) is 0 Å². The summed E-state index contributed by atoms with van der Waals surface area (Å²) in [6.07, 6.45) is 3.23. The molecule has 1 aromatic heterocycles. The first-order valence-electron chi connectivity index (χ1n) is 9.70. The van der Waals surface area contributed by atoms with E-state index >= 15 is 0 Å². The van der Waals surface area contributed by atoms with Crippen molar-refractivity contribution in [3.8, 4) is 0 Å². The monoisotopic (exact) mass is 434 g/mol. The molecule has 1 N–H and O–H groups in total. The van der Waals surface area contributed by atoms with Gasteiger partial charge in [0.15, 0.2) is 6.61 Å². The molecule has 162 valence electrons. The van der Waals surface area contributed by atoms with Gasteiger partial charge in [-0.25, -0.2) is 13.2 Å². The summed E-state index contributed by atoms with van der Waals surface area (Å²) >= 11 is 0. The molecule has 9 heteroatoms. The minimum absolute atomic E-state index is 0.153. The number of hydrogen-bond donors (Lipinski definition) is 1. The lowest BCUT2D eigenvalue weighted by atomic mass is 10.1. The van der Waals surface area contributed by atoms with Crippen LogP contribution in [0.3, 0.4) is 0 Å². The molecular formula is C21H26N2O6S. The number of anilines is 1. The first-order valence-corrected chi connectivity index (χ1v) is 11.6. The van der Waals surface area contributed by atoms with Crippen LogP contribution in [0, 0.1) is 13.8 Å². The Morgan fingerprint density at radius 1 is 1.27 bits per heavy atom. The van der Waals surface area contributed by atoms with E-state index in [2.05, 4.69) is 9.29 Å². The molecular weight excluding hydrogens is 408 g/mol. The molecule has 0 radical (unpaired) electrons. The lowest BCUT2D eigenvalue weighted by Crippen LogP contribution is -2.18. The number of ketones is 1. The SMILES string of the molecule is Cc1cc(C(=O)COC(=O)c2cccc(NS(C)(=O)=O)c2)c(C)n1C[C@@H]1CCCO1. The first-order chi connectivity index (χ1) is 14.1. The van der Waals surface area contributed by atoms with Gasteiger partial charge in [-0.2, -0.15) is 0 Å². The maximum Gasteiger partial charge on any atom is 0.338 e. The molecule has 1 saturated heterocycles. The topological polar surface area (TPSA) is 104 Å². The minimum atomic E-state index is -3.46. The summed E-state index contributed by atoms with van der Waals surface area (Å²) in [7, 11) is -3.46. The quantitative estimate of drug-likeness (QED) is 0.506. The van der Waals surface area contributed by atoms with Crippen LogP contribution in [-0.2, 0) is 26.0 Å². The highest BCUT2D eigenvalue weighted by molar-refractivity contribution is 7.92. The molecule has 0 bridgehead atoms. The largest absolute Gasteiger partial charge is 0.454 e. The lowest BCUT2D eigenvalue weighted by Gasteiger charge is -2.14. The Hall–Kier alpha value is -2.65. The normalized spacial score (nSPS) is 16.4. The van der Waals surface area contributed by atoms with Crippen LogP contribution in [0.1, 0.15) is 44.9 Å². The maximum absolute atomic E-state index is 12.6. The lowest BCUT2D eigenvalue weighted by molar-refractivity contribution is 0.0474. The predicted molar refractivity (Wildman–Crippen MR) is 112 cm³/mol. The third-order valence-electron chi connectivity index (χ3n) is 5.02. The van der Waals surface area contributed by atoms with Gasteiger partial charge in [0, 0.05) is 35.8 Å². The molecule has 1 aromatic carbocycles. The number of rotatable bonds is 8. The molecule has 1 aliphatic heterocycles. The highest BCUT2D eigenvalue weighted by Gasteiger charge is 2.22. The summed E-state index contributed by atoms with van der Waals surface area (Å²) < 4.78 is 37.9. The van der Waals surface area contributed by atoms with Crippen LogP contribution in [0.15, 0.2) is 30.3 Å². The Labute approximate surface area is 176 Å². The van der Waals surface area contributed by atoms with E-state index in [-0.39, 0.29) is 23.1 Å². The number of sulfonamides is 1. The van der Waals surface area contributed by atoms with E-state index in [0.717, 1.165) is 37.1 Å². The molecule has 0 amide bonds. The second-order valence-electron chi connectivity index (χ2n) is 7.48. The Balaban J connectivity index is 1.64. The third kappa shape index (κ3) is 5.48. The van der Waals surface area contributed by atoms with Crippen molar-refractivity contribution in [2.24, 2.45) is 0 Å². The fourth-order valence-electron chi connectivity index (χ4n) is 3.57. The second kappa shape index (κ2) is 9.01. The molecule has 0 spiro atoms. The summed E-state index contributed by atoms with van der Waals surface area (Å²) in [6.45, 7) is 4.88. The van der Waals surface area contributed by atoms with E-state index in [1.54, 1.807) is 6.07 Å². The maximum atomic E-state index is 12.6. The highest BCUT2D eigenvalue weighted by Crippen LogP contribution is 2.21. The number of Topliss-reactive ketones (excluding diaryl/α,β-unsaturated/α-hetero) is 1. The van der Waals surface area contributed by atoms with Crippen molar-refractivity contribution in [1.82, 2.24) is 4.57 Å². The van der Waals surface area contributed by atoms with Crippen LogP contribution in [0.4, 0.5) is 5.69 Å². The molecule has 1 fully saturated rings. The molecule has 0 unspecified atom stereocenters. The zero-order valence-electron chi connectivity index (χ0n) is 17.3. The van der Waals surface area contributed by atoms with Gasteiger partial charge in [0.25, 0.3) is 0 Å². The van der Waals surface area contributed by atoms with Crippen molar-refractivity contribution in [2.45, 2.75) is 39.3 Å². The van der Waals surface area contributed by atoms with Gasteiger partial charge in [-0.3, -0.25) is 9.52 Å². The first kappa shape index (κ1) is 22.0. The summed E-state index contributed by atoms with van der Waals surface area (Å²) in [4.78, 5) is 25.0. The predicted octanol–water partition coefficient (Wildman–Crippen LogP) is 2.70. The fraction of sp³-hybridized carbons (Fsp3) is 0.429. The van der Waals surface area contributed by atoms with Gasteiger partial charge < -0.3 is 14.0 Å². The molecule has 0 aliphatic carbocycles. The Morgan fingerprint density at radius 2 is 2.03 bits per heavy atom. The van der Waals surface area contributed by atoms with Gasteiger partial charge in [-0.1, -0.05) is 6.07 Å². The molecule has 1 atom stereocenters. The summed E-state index contributed by atoms with van der Waals surface area (Å²) in [5.41, 5.74) is 2.70. The van der Waals surface area contributed by atoms with E-state index < -0.39 is 22.6 Å². The van der Waals surface area contributed by atoms with Gasteiger partial charge in [-0.15, -0.1) is 0 Å². The van der Waals surface area contributed by atoms with Gasteiger partial charge in [0.05, 0.1) is 17.9 Å². The average Bonchev–Trinajstić information content (AvgIpc) is 3.28. The molecule has 2 aromatic rings. The van der Waals surface area contributed by atoms with Crippen molar-refractivity contribution in [3.63, 3.8) is 0 Å². The Bertz CT molecular complexity index is 1050. The number of carbonyl (C=O) groups excluding carboxylic acids is 2. The fourth-order valence-corrected chi connectivity index (χ4v) is 4.13. The van der Waals surface area contributed by atoms with Gasteiger partial charge in [0.2, 0.25) is 15.8 Å². The zero-order chi connectivity index (χ0) is 21.9. The van der Waals surface area contributed by atoms with Crippen molar-refractivity contribution in [2.75, 3.05) is 24.2 Å². The second-order valence-corrected chi connectivity index (χ2v) is 9.23. The van der Waals surface area contributed by atoms with Crippen LogP contribution < -0.4 is 4.72 Å². The van der Waals surface area contributed by atoms with Crippen molar-refractivity contribution in [1.29, 1.82) is 0 Å². The summed E-state index contributed by atoms with van der Waals surface area (Å²) in [5, 5.41) is 0. The van der Waals surface area contributed by atoms with Crippen LogP contribution in [0.2, 0.25) is 0 Å². The number of nitrogens with zero attached hydrogens (tertiary/aromatic N) is 1. The van der Waals surface area contributed by atoms with E-state index in [1.165, 1.54) is 24.3 Å². The average molecular weight is 435 g/mol. The highest BCUT2D eigenvalue weighted by atomic mass is 32.2. The number of hydrogen-bond acceptors (Lipinski definition) is 6. The number of nitrogens with one attached hydrogen (secondary N) is 1. The Morgan fingerprint density at radius 3 is 2.70 bits per heavy atom. The molecule has 1 aliphatic rings. The minimum Gasteiger partial charge on any atom is -0.454 e. The Kier molecular flexibility index (Phi) is 6.62. The number of esters is 1. The van der Waals surface area contributed by atoms with Gasteiger partial charge in [-0.05, 0) is 51.0 Å². The molecule has 0 saturated carbocycles. The van der Waals surface area contributed by atoms with Crippen LogP contribution >= 0.6 is 0 Å². The van der Waals surface area contributed by atoms with Gasteiger partial charge >= 0.3 is 5.97 Å². The zero-order valence-corrected chi connectivity index (χ0v) is 18.1. The number of benzene rings is 1. The van der Waals surface area contributed by atoms with Crippen molar-refractivity contribution in [3.05, 3.63) is 52.8 Å². The van der Waals surface area contributed by atoms with Crippen molar-refractivity contribution < 1.29 is 27.5 Å². The van der Waals surface area contributed by atoms with E-state index in [0.29, 0.717) is 12.1 Å². The molecule has 30 heavy (non-hydrogen) atoms. The standard InChI is InChI=1S/C21H26N2O6S/c1-14-10-19(15(2)23(14)12-18-8-5-9-28-18)20(24)13-29-21(25)16-6-4-7-17(11-16)22-30(3,26)27/h4,6-7,10-11,18,22H,5,8-9,12-13H2,1-3H3/t18-/m0/s1. The van der Waals surface area contributed by atoms with E-state index in [1.807, 2.05) is 13.8 Å². The van der Waals surface area contributed by atoms with E-state index in [4.69, 9.17) is 9.47 Å². The molecule has 2 heterocycles. The smallest absolute Gasteiger partial charge is 0.338 e. The number of aromatic nitrogens is 1. The number of carbonyl (C=O) groups is 2. The number of aryl methyl sites for hydroxylation is 1. The third-order valence-corrected chi connectivity index (χ3v) is 5.63. The molecule has 8 nitrogen and oxygen atoms in total. The number of ether oxygens (including phenoxy) is 2. The van der Waals surface area contributed by atoms with Crippen LogP contribution in [-0.4, -0.2) is 50.3 Å². The summed E-state index contributed by atoms with van der Waals surface area (Å²) in [6, 6.07) is 7.71. The molecule has 3 rings (SSSR count). The van der Waals surface area contributed by atoms with Gasteiger partial charge in [0.1, 0.15) is 0 Å². The van der Waals surface area contributed by atoms with E-state index in [9.17, 15) is 18.0 Å². The van der Waals surface area contributed by atoms with Crippen molar-refractivity contribution >= 4 is 27.5 Å². The summed E-state index contributed by atoms with van der Waals surface area (Å²) in [5.74, 6) is -0.992. The van der Waals surface area contributed by atoms with Crippen LogP contribution in [0.25, 0.3) is 0 Å².